The van der Waals surface area contributed by atoms with Gasteiger partial charge in [0.25, 0.3) is 5.56 Å². The summed E-state index contributed by atoms with van der Waals surface area (Å²) in [6.07, 6.45) is -4.82. The van der Waals surface area contributed by atoms with Gasteiger partial charge in [-0.05, 0) is 18.1 Å². The van der Waals surface area contributed by atoms with E-state index in [-0.39, 0.29) is 17.2 Å². The lowest BCUT2D eigenvalue weighted by molar-refractivity contribution is -0.275. The van der Waals surface area contributed by atoms with Gasteiger partial charge in [0, 0.05) is 17.0 Å². The van der Waals surface area contributed by atoms with E-state index in [1.807, 2.05) is 13.8 Å². The maximum Gasteiger partial charge on any atom is 0.573 e. The number of H-pyrrole nitrogens is 1. The van der Waals surface area contributed by atoms with Crippen LogP contribution in [-0.4, -0.2) is 18.5 Å². The number of aromatic nitrogens is 1. The van der Waals surface area contributed by atoms with Crippen LogP contribution in [0.2, 0.25) is 0 Å². The van der Waals surface area contributed by atoms with Crippen molar-refractivity contribution in [2.45, 2.75) is 26.1 Å². The zero-order valence-electron chi connectivity index (χ0n) is 11.7. The van der Waals surface area contributed by atoms with E-state index >= 15 is 0 Å². The molecule has 0 aliphatic carbocycles. The Morgan fingerprint density at radius 2 is 1.81 bits per heavy atom. The second-order valence-corrected chi connectivity index (χ2v) is 4.85. The molecular weight excluding hydrogens is 287 g/mol. The zero-order valence-corrected chi connectivity index (χ0v) is 11.7. The highest BCUT2D eigenvalue weighted by atomic mass is 19.4. The fraction of sp³-hybridized carbons (Fsp3) is 0.357. The van der Waals surface area contributed by atoms with E-state index in [1.165, 1.54) is 19.2 Å². The lowest BCUT2D eigenvalue weighted by atomic mass is 10.0. The van der Waals surface area contributed by atoms with E-state index in [4.69, 9.17) is 4.74 Å². The van der Waals surface area contributed by atoms with Crippen molar-refractivity contribution in [2.24, 2.45) is 0 Å². The van der Waals surface area contributed by atoms with Crippen molar-refractivity contribution < 1.29 is 22.6 Å². The van der Waals surface area contributed by atoms with Gasteiger partial charge < -0.3 is 14.5 Å². The third-order valence-corrected chi connectivity index (χ3v) is 3.00. The summed E-state index contributed by atoms with van der Waals surface area (Å²) in [5.41, 5.74) is 0.602. The van der Waals surface area contributed by atoms with Crippen LogP contribution in [0.1, 0.15) is 25.3 Å². The van der Waals surface area contributed by atoms with E-state index in [1.54, 1.807) is 6.07 Å². The quantitative estimate of drug-likeness (QED) is 0.943. The van der Waals surface area contributed by atoms with Crippen LogP contribution in [0.15, 0.2) is 23.0 Å². The third-order valence-electron chi connectivity index (χ3n) is 3.00. The molecule has 4 nitrogen and oxygen atoms in total. The molecule has 0 aliphatic rings. The van der Waals surface area contributed by atoms with Gasteiger partial charge in [-0.3, -0.25) is 4.79 Å². The molecule has 114 valence electrons. The van der Waals surface area contributed by atoms with Gasteiger partial charge in [0.15, 0.2) is 11.5 Å². The van der Waals surface area contributed by atoms with E-state index in [0.717, 1.165) is 0 Å². The largest absolute Gasteiger partial charge is 0.573 e. The molecule has 21 heavy (non-hydrogen) atoms. The maximum atomic E-state index is 12.4. The molecular formula is C14H14F3NO3. The van der Waals surface area contributed by atoms with Crippen molar-refractivity contribution in [3.8, 4) is 11.5 Å². The molecule has 0 fully saturated rings. The number of hydrogen-bond acceptors (Lipinski definition) is 3. The van der Waals surface area contributed by atoms with Crippen LogP contribution < -0.4 is 15.0 Å². The van der Waals surface area contributed by atoms with Gasteiger partial charge in [-0.25, -0.2) is 0 Å². The smallest absolute Gasteiger partial charge is 0.493 e. The molecule has 0 saturated heterocycles. The average Bonchev–Trinajstić information content (AvgIpc) is 2.35. The van der Waals surface area contributed by atoms with E-state index < -0.39 is 12.1 Å². The fourth-order valence-electron chi connectivity index (χ4n) is 2.02. The molecule has 0 unspecified atom stereocenters. The number of halogens is 3. The highest BCUT2D eigenvalue weighted by Gasteiger charge is 2.32. The standard InChI is InChI=1S/C14H14F3NO3/c1-7(2)9-4-8-5-12(21-14(15,16)17)11(20-3)6-10(8)18-13(9)19/h4-7H,1-3H3,(H,18,19). The number of rotatable bonds is 3. The van der Waals surface area contributed by atoms with Crippen LogP contribution in [0, 0.1) is 0 Å². The summed E-state index contributed by atoms with van der Waals surface area (Å²) in [4.78, 5) is 14.5. The Labute approximate surface area is 118 Å². The molecule has 0 atom stereocenters. The first-order valence-electron chi connectivity index (χ1n) is 6.22. The molecule has 1 N–H and O–H groups in total. The predicted octanol–water partition coefficient (Wildman–Crippen LogP) is 3.56. The van der Waals surface area contributed by atoms with Gasteiger partial charge in [0.2, 0.25) is 0 Å². The number of hydrogen-bond donors (Lipinski definition) is 1. The molecule has 2 rings (SSSR count). The number of nitrogens with one attached hydrogen (secondary N) is 1. The maximum absolute atomic E-state index is 12.4. The number of aromatic amines is 1. The Bertz CT molecular complexity index is 720. The fourth-order valence-corrected chi connectivity index (χ4v) is 2.02. The minimum atomic E-state index is -4.82. The highest BCUT2D eigenvalue weighted by molar-refractivity contribution is 5.83. The van der Waals surface area contributed by atoms with Gasteiger partial charge in [0.1, 0.15) is 0 Å². The van der Waals surface area contributed by atoms with Crippen molar-refractivity contribution in [1.82, 2.24) is 4.98 Å². The Hall–Kier alpha value is -2.18. The number of pyridine rings is 1. The summed E-state index contributed by atoms with van der Waals surface area (Å²) >= 11 is 0. The van der Waals surface area contributed by atoms with E-state index in [2.05, 4.69) is 9.72 Å². The molecule has 7 heteroatoms. The molecule has 0 bridgehead atoms. The minimum absolute atomic E-state index is 0.0489. The number of alkyl halides is 3. The first kappa shape index (κ1) is 15.2. The summed E-state index contributed by atoms with van der Waals surface area (Å²) in [5.74, 6) is -0.598. The molecule has 0 spiro atoms. The zero-order chi connectivity index (χ0) is 15.8. The van der Waals surface area contributed by atoms with Crippen LogP contribution in [0.4, 0.5) is 13.2 Å². The second kappa shape index (κ2) is 5.31. The van der Waals surface area contributed by atoms with Crippen molar-refractivity contribution in [3.05, 3.63) is 34.1 Å². The van der Waals surface area contributed by atoms with Crippen molar-refractivity contribution in [3.63, 3.8) is 0 Å². The Morgan fingerprint density at radius 3 is 2.33 bits per heavy atom. The monoisotopic (exact) mass is 301 g/mol. The summed E-state index contributed by atoms with van der Waals surface area (Å²) in [7, 11) is 1.23. The molecule has 0 amide bonds. The second-order valence-electron chi connectivity index (χ2n) is 4.85. The van der Waals surface area contributed by atoms with Crippen LogP contribution in [0.5, 0.6) is 11.5 Å². The van der Waals surface area contributed by atoms with Crippen molar-refractivity contribution >= 4 is 10.9 Å². The average molecular weight is 301 g/mol. The first-order valence-corrected chi connectivity index (χ1v) is 6.22. The number of fused-ring (bicyclic) bond motifs is 1. The Balaban J connectivity index is 2.65. The van der Waals surface area contributed by atoms with E-state index in [0.29, 0.717) is 16.5 Å². The molecule has 2 aromatic rings. The van der Waals surface area contributed by atoms with Gasteiger partial charge in [-0.2, -0.15) is 0 Å². The van der Waals surface area contributed by atoms with E-state index in [9.17, 15) is 18.0 Å². The molecule has 1 heterocycles. The molecule has 1 aromatic carbocycles. The van der Waals surface area contributed by atoms with Crippen LogP contribution in [-0.2, 0) is 0 Å². The van der Waals surface area contributed by atoms with Gasteiger partial charge in [-0.1, -0.05) is 13.8 Å². The Morgan fingerprint density at radius 1 is 1.14 bits per heavy atom. The predicted molar refractivity (Wildman–Crippen MR) is 71.9 cm³/mol. The SMILES string of the molecule is COc1cc2[nH]c(=O)c(C(C)C)cc2cc1OC(F)(F)F. The summed E-state index contributed by atoms with van der Waals surface area (Å²) in [6.45, 7) is 3.65. The normalized spacial score (nSPS) is 12.0. The van der Waals surface area contributed by atoms with Gasteiger partial charge in [0.05, 0.1) is 12.6 Å². The van der Waals surface area contributed by atoms with Crippen LogP contribution >= 0.6 is 0 Å². The lowest BCUT2D eigenvalue weighted by Crippen LogP contribution is -2.18. The summed E-state index contributed by atoms with van der Waals surface area (Å²) in [5, 5.41) is 0.443. The van der Waals surface area contributed by atoms with Crippen LogP contribution in [0.3, 0.4) is 0 Å². The number of methoxy groups -OCH3 is 1. The Kier molecular flexibility index (Phi) is 3.85. The lowest BCUT2D eigenvalue weighted by Gasteiger charge is -2.14. The first-order chi connectivity index (χ1) is 9.71. The van der Waals surface area contributed by atoms with Crippen LogP contribution in [0.25, 0.3) is 10.9 Å². The number of ether oxygens (including phenoxy) is 2. The molecule has 0 aliphatic heterocycles. The third kappa shape index (κ3) is 3.29. The summed E-state index contributed by atoms with van der Waals surface area (Å²) < 4.78 is 46.0. The topological polar surface area (TPSA) is 51.3 Å². The van der Waals surface area contributed by atoms with Crippen molar-refractivity contribution in [1.29, 1.82) is 0 Å². The molecule has 0 saturated carbocycles. The van der Waals surface area contributed by atoms with Gasteiger partial charge in [-0.15, -0.1) is 13.2 Å². The highest BCUT2D eigenvalue weighted by Crippen LogP contribution is 2.35. The minimum Gasteiger partial charge on any atom is -0.493 e. The number of benzene rings is 1. The van der Waals surface area contributed by atoms with Gasteiger partial charge >= 0.3 is 6.36 Å². The van der Waals surface area contributed by atoms with Crippen molar-refractivity contribution in [2.75, 3.05) is 7.11 Å². The summed E-state index contributed by atoms with van der Waals surface area (Å²) in [6, 6.07) is 4.06. The molecule has 0 radical (unpaired) electrons. The molecule has 1 aromatic heterocycles.